The van der Waals surface area contributed by atoms with Crippen molar-refractivity contribution in [2.24, 2.45) is 9.98 Å². The number of hydrogen-bond acceptors (Lipinski definition) is 10. The lowest BCUT2D eigenvalue weighted by molar-refractivity contribution is -0.129. The van der Waals surface area contributed by atoms with Crippen molar-refractivity contribution in [2.45, 2.75) is 156 Å². The van der Waals surface area contributed by atoms with Crippen LogP contribution in [0.1, 0.15) is 164 Å². The van der Waals surface area contributed by atoms with Gasteiger partial charge in [-0.25, -0.2) is 0 Å². The molecule has 64 heavy (non-hydrogen) atoms. The van der Waals surface area contributed by atoms with E-state index in [4.69, 9.17) is 0 Å². The van der Waals surface area contributed by atoms with Gasteiger partial charge in [0.15, 0.2) is 23.0 Å². The van der Waals surface area contributed by atoms with Crippen LogP contribution in [0.15, 0.2) is 22.1 Å². The third-order valence-corrected chi connectivity index (χ3v) is 13.6. The maximum Gasteiger partial charge on any atom is 0.222 e. The Balaban J connectivity index is 1.46. The number of nitrogens with zero attached hydrogens (tertiary/aromatic N) is 4. The Bertz CT molecular complexity index is 2290. The summed E-state index contributed by atoms with van der Waals surface area (Å²) in [6.45, 7) is 16.8. The van der Waals surface area contributed by atoms with Gasteiger partial charge in [-0.3, -0.25) is 19.6 Å². The number of carbonyl (C=O) groups is 2. The topological polar surface area (TPSA) is 187 Å². The number of phenols is 6. The zero-order valence-electron chi connectivity index (χ0n) is 39.2. The first-order valence-electron chi connectivity index (χ1n) is 23.6. The van der Waals surface area contributed by atoms with E-state index in [0.29, 0.717) is 59.0 Å². The van der Waals surface area contributed by atoms with E-state index >= 15 is 0 Å². The monoisotopic (exact) mass is 879 g/mol. The number of aromatic hydroxyl groups is 6. The van der Waals surface area contributed by atoms with Crippen molar-refractivity contribution in [3.05, 3.63) is 45.5 Å². The molecule has 2 aliphatic rings. The summed E-state index contributed by atoms with van der Waals surface area (Å²) in [5.41, 5.74) is 2.78. The molecule has 0 unspecified atom stereocenters. The van der Waals surface area contributed by atoms with E-state index in [1.807, 2.05) is 49.6 Å². The smallest absolute Gasteiger partial charge is 0.222 e. The highest BCUT2D eigenvalue weighted by molar-refractivity contribution is 6.15. The van der Waals surface area contributed by atoms with Crippen LogP contribution in [-0.4, -0.2) is 103 Å². The number of hydrogen-bond donors (Lipinski definition) is 6. The number of benzene rings is 4. The first-order valence-corrected chi connectivity index (χ1v) is 23.6. The first-order chi connectivity index (χ1) is 30.5. The summed E-state index contributed by atoms with van der Waals surface area (Å²) in [7, 11) is 0. The van der Waals surface area contributed by atoms with Gasteiger partial charge in [0.25, 0.3) is 0 Å². The van der Waals surface area contributed by atoms with E-state index in [9.17, 15) is 40.2 Å². The van der Waals surface area contributed by atoms with Gasteiger partial charge in [0.2, 0.25) is 11.8 Å². The number of phenolic OH excluding ortho intramolecular Hbond substituents is 6. The van der Waals surface area contributed by atoms with Gasteiger partial charge < -0.3 is 40.4 Å². The molecule has 2 heterocycles. The molecule has 2 saturated heterocycles. The predicted octanol–water partition coefficient (Wildman–Crippen LogP) is 10.7. The summed E-state index contributed by atoms with van der Waals surface area (Å²) in [5.74, 6) is -2.30. The maximum absolute atomic E-state index is 12.8. The van der Waals surface area contributed by atoms with Crippen molar-refractivity contribution < 1.29 is 40.2 Å². The van der Waals surface area contributed by atoms with Crippen LogP contribution in [0.4, 0.5) is 0 Å². The number of fused-ring (bicyclic) bond motifs is 2. The van der Waals surface area contributed by atoms with E-state index in [2.05, 4.69) is 23.8 Å². The van der Waals surface area contributed by atoms with E-state index in [1.54, 1.807) is 13.8 Å². The molecule has 4 aromatic carbocycles. The standard InChI is InChI=1S/C52H70N4O8/c1-9-11-13-15-33-17-19-39(57)55(33)23-21-53-27-37-45-35(41(29(3)4)51(63)47(37)59)25-31(7)43(49(45)61)44-32(8)26-36-42(30(5)6)52(64)48(60)38(46(36)50(44)62)28-54-22-24-56-34(16-14-12-10-2)18-20-40(56)58/h25-30,33-34,59-64H,9-24H2,1-8H3/t33-,34-/m1/s1. The summed E-state index contributed by atoms with van der Waals surface area (Å²) in [5, 5.41) is 72.7. The van der Waals surface area contributed by atoms with Crippen molar-refractivity contribution in [1.82, 2.24) is 9.80 Å². The fourth-order valence-corrected chi connectivity index (χ4v) is 10.3. The summed E-state index contributed by atoms with van der Waals surface area (Å²) < 4.78 is 0. The van der Waals surface area contributed by atoms with Crippen molar-refractivity contribution in [3.63, 3.8) is 0 Å². The van der Waals surface area contributed by atoms with E-state index in [-0.39, 0.29) is 105 Å². The van der Waals surface area contributed by atoms with Gasteiger partial charge in [-0.2, -0.15) is 0 Å². The van der Waals surface area contributed by atoms with Crippen molar-refractivity contribution in [3.8, 4) is 45.6 Å². The minimum absolute atomic E-state index is 0.0994. The van der Waals surface area contributed by atoms with Crippen LogP contribution in [-0.2, 0) is 9.59 Å². The van der Waals surface area contributed by atoms with E-state index in [0.717, 1.165) is 64.2 Å². The molecule has 6 N–H and O–H groups in total. The molecule has 0 radical (unpaired) electrons. The Morgan fingerprint density at radius 1 is 0.594 bits per heavy atom. The molecule has 4 aromatic rings. The van der Waals surface area contributed by atoms with E-state index in [1.165, 1.54) is 12.4 Å². The van der Waals surface area contributed by atoms with Crippen molar-refractivity contribution in [2.75, 3.05) is 26.2 Å². The Morgan fingerprint density at radius 3 is 1.31 bits per heavy atom. The molecule has 0 aromatic heterocycles. The number of likely N-dealkylation sites (tertiary alicyclic amines) is 2. The average Bonchev–Trinajstić information content (AvgIpc) is 3.78. The molecule has 0 bridgehead atoms. The zero-order valence-corrected chi connectivity index (χ0v) is 39.2. The lowest BCUT2D eigenvalue weighted by atomic mass is 9.83. The number of amides is 2. The van der Waals surface area contributed by atoms with Crippen LogP contribution in [0.3, 0.4) is 0 Å². The van der Waals surface area contributed by atoms with Crippen molar-refractivity contribution >= 4 is 45.8 Å². The van der Waals surface area contributed by atoms with Crippen LogP contribution in [0, 0.1) is 13.8 Å². The van der Waals surface area contributed by atoms with E-state index < -0.39 is 11.5 Å². The van der Waals surface area contributed by atoms with Gasteiger partial charge in [-0.1, -0.05) is 92.2 Å². The lowest BCUT2D eigenvalue weighted by Crippen LogP contribution is -2.35. The first kappa shape index (κ1) is 47.9. The van der Waals surface area contributed by atoms with Crippen LogP contribution < -0.4 is 0 Å². The van der Waals surface area contributed by atoms with Gasteiger partial charge >= 0.3 is 0 Å². The number of carbonyl (C=O) groups excluding carboxylic acids is 2. The molecule has 2 aliphatic heterocycles. The summed E-state index contributed by atoms with van der Waals surface area (Å²) in [6, 6.07) is 4.00. The van der Waals surface area contributed by atoms with Gasteiger partial charge in [-0.05, 0) is 73.3 Å². The fourth-order valence-electron chi connectivity index (χ4n) is 10.3. The molecule has 346 valence electrons. The normalized spacial score (nSPS) is 17.2. The maximum atomic E-state index is 12.8. The minimum Gasteiger partial charge on any atom is -0.507 e. The number of aryl methyl sites for hydroxylation is 2. The van der Waals surface area contributed by atoms with Crippen LogP contribution in [0.25, 0.3) is 32.7 Å². The van der Waals surface area contributed by atoms with Gasteiger partial charge in [0.05, 0.1) is 13.1 Å². The molecule has 12 heteroatoms. The third-order valence-electron chi connectivity index (χ3n) is 13.6. The molecule has 2 atom stereocenters. The second kappa shape index (κ2) is 20.5. The van der Waals surface area contributed by atoms with Crippen LogP contribution in [0.2, 0.25) is 0 Å². The molecule has 0 saturated carbocycles. The van der Waals surface area contributed by atoms with Gasteiger partial charge in [0, 0.05) is 94.6 Å². The third kappa shape index (κ3) is 9.33. The van der Waals surface area contributed by atoms with Gasteiger partial charge in [-0.15, -0.1) is 0 Å². The number of unbranched alkanes of at least 4 members (excludes halogenated alkanes) is 4. The van der Waals surface area contributed by atoms with Crippen LogP contribution >= 0.6 is 0 Å². The van der Waals surface area contributed by atoms with Crippen molar-refractivity contribution in [1.29, 1.82) is 0 Å². The largest absolute Gasteiger partial charge is 0.507 e. The molecular weight excluding hydrogens is 809 g/mol. The SMILES string of the molecule is CCCCC[C@@H]1CCC(=O)N1CCN=Cc1c(O)c(O)c(C(C)C)c2cc(C)c(-c3c(C)cc4c(C(C)C)c(O)c(O)c(C=NCCN5C(=O)CC[C@H]5CCCCC)c4c3O)c(O)c12. The Morgan fingerprint density at radius 2 is 0.969 bits per heavy atom. The summed E-state index contributed by atoms with van der Waals surface area (Å²) >= 11 is 0. The zero-order chi connectivity index (χ0) is 46.6. The fraction of sp³-hybridized carbons (Fsp3) is 0.538. The molecule has 2 fully saturated rings. The molecule has 0 spiro atoms. The predicted molar refractivity (Wildman–Crippen MR) is 257 cm³/mol. The average molecular weight is 879 g/mol. The molecule has 12 nitrogen and oxygen atoms in total. The summed E-state index contributed by atoms with van der Waals surface area (Å²) in [6.07, 6.45) is 14.0. The Kier molecular flexibility index (Phi) is 15.4. The highest BCUT2D eigenvalue weighted by atomic mass is 16.3. The van der Waals surface area contributed by atoms with Gasteiger partial charge in [0.1, 0.15) is 11.5 Å². The second-order valence-corrected chi connectivity index (χ2v) is 18.7. The lowest BCUT2D eigenvalue weighted by Gasteiger charge is -2.24. The summed E-state index contributed by atoms with van der Waals surface area (Å²) in [4.78, 5) is 38.7. The molecule has 6 rings (SSSR count). The van der Waals surface area contributed by atoms with Crippen LogP contribution in [0.5, 0.6) is 34.5 Å². The quantitative estimate of drug-likeness (QED) is 0.0305. The molecule has 0 aliphatic carbocycles. The highest BCUT2D eigenvalue weighted by Crippen LogP contribution is 2.54. The minimum atomic E-state index is -0.442. The Labute approximate surface area is 378 Å². The number of aliphatic imine (C=N–C) groups is 2. The Hall–Kier alpha value is -5.52. The molecular formula is C52H70N4O8. The highest BCUT2D eigenvalue weighted by Gasteiger charge is 2.32. The number of rotatable bonds is 19. The second-order valence-electron chi connectivity index (χ2n) is 18.7. The molecule has 2 amide bonds.